The van der Waals surface area contributed by atoms with Crippen LogP contribution in [-0.2, 0) is 13.1 Å². The van der Waals surface area contributed by atoms with Crippen LogP contribution in [0, 0.1) is 11.3 Å². The number of nitriles is 1. The van der Waals surface area contributed by atoms with Crippen LogP contribution >= 0.6 is 11.6 Å². The van der Waals surface area contributed by atoms with Crippen LogP contribution in [0.2, 0.25) is 5.02 Å². The summed E-state index contributed by atoms with van der Waals surface area (Å²) in [6, 6.07) is 10.0. The van der Waals surface area contributed by atoms with Crippen molar-refractivity contribution < 1.29 is 9.90 Å². The molecule has 9 nitrogen and oxygen atoms in total. The summed E-state index contributed by atoms with van der Waals surface area (Å²) in [5, 5.41) is 26.9. The van der Waals surface area contributed by atoms with Crippen LogP contribution in [0.3, 0.4) is 0 Å². The number of aliphatic hydroxyl groups is 1. The number of amides is 2. The lowest BCUT2D eigenvalue weighted by atomic mass is 10.1. The Balaban J connectivity index is 1.59. The van der Waals surface area contributed by atoms with E-state index >= 15 is 0 Å². The highest BCUT2D eigenvalue weighted by atomic mass is 35.5. The van der Waals surface area contributed by atoms with Crippen molar-refractivity contribution in [1.29, 1.82) is 5.26 Å². The normalized spacial score (nSPS) is 14.0. The number of hydrogen-bond acceptors (Lipinski definition) is 6. The third-order valence-corrected chi connectivity index (χ3v) is 5.05. The van der Waals surface area contributed by atoms with Gasteiger partial charge >= 0.3 is 6.03 Å². The Morgan fingerprint density at radius 2 is 2.07 bits per heavy atom. The number of carbonyl (C=O) groups is 1. The number of nitrogens with two attached hydrogens (primary N) is 1. The number of nitrogens with one attached hydrogen (secondary N) is 1. The van der Waals surface area contributed by atoms with E-state index in [0.717, 1.165) is 0 Å². The molecule has 0 fully saturated rings. The van der Waals surface area contributed by atoms with E-state index in [4.69, 9.17) is 22.6 Å². The highest BCUT2D eigenvalue weighted by molar-refractivity contribution is 6.30. The summed E-state index contributed by atoms with van der Waals surface area (Å²) in [7, 11) is 0. The van der Waals surface area contributed by atoms with E-state index in [1.165, 1.54) is 6.20 Å². The highest BCUT2D eigenvalue weighted by Crippen LogP contribution is 2.32. The predicted octanol–water partition coefficient (Wildman–Crippen LogP) is 2.47. The molecule has 1 aromatic carbocycles. The Morgan fingerprint density at radius 1 is 1.30 bits per heavy atom. The number of benzene rings is 1. The molecule has 0 radical (unpaired) electrons. The number of fused-ring (bicyclic) bond motifs is 1. The molecule has 1 atom stereocenters. The molecule has 2 amide bonds. The topological polar surface area (TPSA) is 133 Å². The Kier molecular flexibility index (Phi) is 5.37. The first-order chi connectivity index (χ1) is 14.5. The fourth-order valence-electron chi connectivity index (χ4n) is 3.41. The molecule has 10 heteroatoms. The van der Waals surface area contributed by atoms with Gasteiger partial charge in [-0.1, -0.05) is 11.6 Å². The number of hydrogen-bond donors (Lipinski definition) is 3. The zero-order valence-electron chi connectivity index (χ0n) is 15.8. The first kappa shape index (κ1) is 19.8. The zero-order chi connectivity index (χ0) is 21.3. The SMILES string of the molecule is N#Cc1ccc(NC(=O)N2CCn3nc(-c4cncc(Cl)c4)c(C(N)O)c3C2)cc1. The van der Waals surface area contributed by atoms with Crippen molar-refractivity contribution in [2.45, 2.75) is 19.3 Å². The molecule has 1 aliphatic heterocycles. The van der Waals surface area contributed by atoms with Crippen LogP contribution in [0.1, 0.15) is 23.0 Å². The average molecular weight is 424 g/mol. The van der Waals surface area contributed by atoms with Crippen LogP contribution < -0.4 is 11.1 Å². The van der Waals surface area contributed by atoms with Gasteiger partial charge in [-0.15, -0.1) is 0 Å². The number of rotatable bonds is 3. The molecule has 3 heterocycles. The second-order valence-corrected chi connectivity index (χ2v) is 7.25. The molecular weight excluding hydrogens is 406 g/mol. The van der Waals surface area contributed by atoms with Gasteiger partial charge in [0, 0.05) is 35.8 Å². The van der Waals surface area contributed by atoms with E-state index in [9.17, 15) is 9.90 Å². The molecule has 0 aliphatic carbocycles. The van der Waals surface area contributed by atoms with Gasteiger partial charge in [0.25, 0.3) is 0 Å². The number of urea groups is 1. The van der Waals surface area contributed by atoms with Gasteiger partial charge in [0.15, 0.2) is 0 Å². The summed E-state index contributed by atoms with van der Waals surface area (Å²) in [5.41, 5.74) is 9.15. The Bertz CT molecular complexity index is 1140. The molecule has 0 bridgehead atoms. The number of carbonyl (C=O) groups excluding carboxylic acids is 1. The van der Waals surface area contributed by atoms with Gasteiger partial charge in [0.05, 0.1) is 35.4 Å². The number of aromatic nitrogens is 3. The predicted molar refractivity (Wildman–Crippen MR) is 110 cm³/mol. The second kappa shape index (κ2) is 8.12. The van der Waals surface area contributed by atoms with Crippen LogP contribution in [0.5, 0.6) is 0 Å². The number of aliphatic hydroxyl groups excluding tert-OH is 1. The standard InChI is InChI=1S/C20H18ClN7O2/c21-14-7-13(9-24-10-14)18-17(19(23)29)16-11-27(5-6-28(16)26-18)20(30)25-15-3-1-12(8-22)2-4-15/h1-4,7,9-10,19,29H,5-6,11,23H2,(H,25,30). The maximum absolute atomic E-state index is 12.7. The maximum Gasteiger partial charge on any atom is 0.322 e. The average Bonchev–Trinajstić information content (AvgIpc) is 3.13. The quantitative estimate of drug-likeness (QED) is 0.554. The molecule has 4 rings (SSSR count). The molecular formula is C20H18ClN7O2. The fraction of sp³-hybridized carbons (Fsp3) is 0.200. The van der Waals surface area contributed by atoms with E-state index in [2.05, 4.69) is 15.4 Å². The van der Waals surface area contributed by atoms with Crippen molar-refractivity contribution in [3.8, 4) is 17.3 Å². The maximum atomic E-state index is 12.7. The van der Waals surface area contributed by atoms with Gasteiger partial charge in [-0.05, 0) is 30.3 Å². The highest BCUT2D eigenvalue weighted by Gasteiger charge is 2.29. The molecule has 152 valence electrons. The lowest BCUT2D eigenvalue weighted by Crippen LogP contribution is -2.41. The first-order valence-corrected chi connectivity index (χ1v) is 9.54. The molecule has 0 saturated heterocycles. The Morgan fingerprint density at radius 3 is 2.73 bits per heavy atom. The van der Waals surface area contributed by atoms with Gasteiger partial charge in [-0.25, -0.2) is 4.79 Å². The summed E-state index contributed by atoms with van der Waals surface area (Å²) < 4.78 is 1.74. The van der Waals surface area contributed by atoms with Crippen molar-refractivity contribution >= 4 is 23.3 Å². The van der Waals surface area contributed by atoms with Crippen LogP contribution in [-0.4, -0.2) is 37.3 Å². The minimum absolute atomic E-state index is 0.229. The molecule has 0 saturated carbocycles. The molecule has 2 aromatic heterocycles. The molecule has 4 N–H and O–H groups in total. The summed E-state index contributed by atoms with van der Waals surface area (Å²) >= 11 is 6.04. The van der Waals surface area contributed by atoms with Crippen molar-refractivity contribution in [2.75, 3.05) is 11.9 Å². The summed E-state index contributed by atoms with van der Waals surface area (Å²) in [4.78, 5) is 18.4. The van der Waals surface area contributed by atoms with Crippen molar-refractivity contribution in [3.63, 3.8) is 0 Å². The first-order valence-electron chi connectivity index (χ1n) is 9.16. The van der Waals surface area contributed by atoms with Crippen molar-refractivity contribution in [3.05, 3.63) is 64.6 Å². The lowest BCUT2D eigenvalue weighted by Gasteiger charge is -2.28. The van der Waals surface area contributed by atoms with E-state index in [1.807, 2.05) is 6.07 Å². The van der Waals surface area contributed by atoms with E-state index in [-0.39, 0.29) is 12.6 Å². The minimum Gasteiger partial charge on any atom is -0.374 e. The summed E-state index contributed by atoms with van der Waals surface area (Å²) in [5.74, 6) is 0. The van der Waals surface area contributed by atoms with Gasteiger partial charge in [0.1, 0.15) is 11.9 Å². The summed E-state index contributed by atoms with van der Waals surface area (Å²) in [6.45, 7) is 1.11. The molecule has 1 aliphatic rings. The molecule has 30 heavy (non-hydrogen) atoms. The van der Waals surface area contributed by atoms with E-state index in [1.54, 1.807) is 46.1 Å². The molecule has 0 spiro atoms. The number of halogens is 1. The number of anilines is 1. The Labute approximate surface area is 177 Å². The van der Waals surface area contributed by atoms with Gasteiger partial charge in [-0.3, -0.25) is 9.67 Å². The van der Waals surface area contributed by atoms with Crippen LogP contribution in [0.4, 0.5) is 10.5 Å². The van der Waals surface area contributed by atoms with Gasteiger partial charge in [-0.2, -0.15) is 10.4 Å². The Hall–Kier alpha value is -3.45. The fourth-order valence-corrected chi connectivity index (χ4v) is 3.58. The minimum atomic E-state index is -1.27. The number of nitrogens with zero attached hydrogens (tertiary/aromatic N) is 5. The van der Waals surface area contributed by atoms with Gasteiger partial charge in [0.2, 0.25) is 0 Å². The largest absolute Gasteiger partial charge is 0.374 e. The van der Waals surface area contributed by atoms with Crippen molar-refractivity contribution in [2.24, 2.45) is 5.73 Å². The molecule has 3 aromatic rings. The summed E-state index contributed by atoms with van der Waals surface area (Å²) in [6.07, 6.45) is 1.83. The van der Waals surface area contributed by atoms with E-state index in [0.29, 0.717) is 51.9 Å². The second-order valence-electron chi connectivity index (χ2n) is 6.81. The number of pyridine rings is 1. The monoisotopic (exact) mass is 423 g/mol. The third-order valence-electron chi connectivity index (χ3n) is 4.85. The van der Waals surface area contributed by atoms with Gasteiger partial charge < -0.3 is 21.1 Å². The van der Waals surface area contributed by atoms with Crippen LogP contribution in [0.15, 0.2) is 42.7 Å². The smallest absolute Gasteiger partial charge is 0.322 e. The molecule has 1 unspecified atom stereocenters. The van der Waals surface area contributed by atoms with Crippen molar-refractivity contribution in [1.82, 2.24) is 19.7 Å². The lowest BCUT2D eigenvalue weighted by molar-refractivity contribution is 0.176. The van der Waals surface area contributed by atoms with E-state index < -0.39 is 6.23 Å². The third kappa shape index (κ3) is 3.84. The zero-order valence-corrected chi connectivity index (χ0v) is 16.5. The van der Waals surface area contributed by atoms with Crippen LogP contribution in [0.25, 0.3) is 11.3 Å².